The number of unbranched alkanes of at least 4 members (excludes halogenated alkanes) is 1. The third-order valence-corrected chi connectivity index (χ3v) is 5.73. The summed E-state index contributed by atoms with van der Waals surface area (Å²) in [5, 5.41) is 11.5. The zero-order chi connectivity index (χ0) is 23.6. The third kappa shape index (κ3) is 4.51. The van der Waals surface area contributed by atoms with Gasteiger partial charge in [-0.15, -0.1) is 5.10 Å². The molecule has 0 aliphatic carbocycles. The molecule has 2 heterocycles. The van der Waals surface area contributed by atoms with Gasteiger partial charge in [-0.2, -0.15) is 9.07 Å². The summed E-state index contributed by atoms with van der Waals surface area (Å²) in [6.45, 7) is 7.94. The molecule has 4 rings (SSSR count). The monoisotopic (exact) mass is 448 g/mol. The molecule has 0 aliphatic rings. The first-order valence-electron chi connectivity index (χ1n) is 11.2. The van der Waals surface area contributed by atoms with Crippen LogP contribution in [0.2, 0.25) is 0 Å². The summed E-state index contributed by atoms with van der Waals surface area (Å²) in [4.78, 5) is 13.2. The van der Waals surface area contributed by atoms with Crippen LogP contribution in [0, 0.1) is 5.95 Å². The van der Waals surface area contributed by atoms with Crippen LogP contribution < -0.4 is 5.69 Å². The van der Waals surface area contributed by atoms with Crippen LogP contribution in [0.15, 0.2) is 59.7 Å². The second-order valence-corrected chi connectivity index (χ2v) is 9.18. The molecule has 33 heavy (non-hydrogen) atoms. The van der Waals surface area contributed by atoms with Crippen molar-refractivity contribution >= 4 is 0 Å². The van der Waals surface area contributed by atoms with E-state index in [4.69, 9.17) is 0 Å². The van der Waals surface area contributed by atoms with Crippen LogP contribution in [-0.2, 0) is 18.5 Å². The number of tetrazole rings is 1. The van der Waals surface area contributed by atoms with Crippen LogP contribution in [0.1, 0.15) is 51.8 Å². The van der Waals surface area contributed by atoms with Gasteiger partial charge in [0.15, 0.2) is 0 Å². The van der Waals surface area contributed by atoms with Gasteiger partial charge in [0.2, 0.25) is 5.95 Å². The Balaban J connectivity index is 1.68. The fourth-order valence-electron chi connectivity index (χ4n) is 4.05. The molecule has 0 bridgehead atoms. The highest BCUT2D eigenvalue weighted by Crippen LogP contribution is 2.27. The lowest BCUT2D eigenvalue weighted by molar-refractivity contribution is 0.324. The van der Waals surface area contributed by atoms with Gasteiger partial charge in [-0.25, -0.2) is 4.79 Å². The van der Waals surface area contributed by atoms with Crippen LogP contribution in [0.4, 0.5) is 4.39 Å². The smallest absolute Gasteiger partial charge is 0.289 e. The molecule has 8 heteroatoms. The summed E-state index contributed by atoms with van der Waals surface area (Å²) in [7, 11) is 0. The molecule has 7 nitrogen and oxygen atoms in total. The van der Waals surface area contributed by atoms with Crippen molar-refractivity contribution in [3.05, 3.63) is 82.5 Å². The van der Waals surface area contributed by atoms with Gasteiger partial charge < -0.3 is 0 Å². The van der Waals surface area contributed by atoms with Crippen LogP contribution in [0.25, 0.3) is 16.8 Å². The van der Waals surface area contributed by atoms with Crippen molar-refractivity contribution in [2.45, 2.75) is 59.0 Å². The lowest BCUT2D eigenvalue weighted by Gasteiger charge is -2.19. The van der Waals surface area contributed by atoms with Gasteiger partial charge in [-0.1, -0.05) is 55.8 Å². The van der Waals surface area contributed by atoms with E-state index in [2.05, 4.69) is 22.4 Å². The molecule has 0 N–H and O–H groups in total. The molecule has 172 valence electrons. The summed E-state index contributed by atoms with van der Waals surface area (Å²) < 4.78 is 19.7. The highest BCUT2D eigenvalue weighted by atomic mass is 19.1. The molecule has 2 aromatic heterocycles. The van der Waals surface area contributed by atoms with Crippen molar-refractivity contribution in [1.82, 2.24) is 29.3 Å². The van der Waals surface area contributed by atoms with E-state index in [1.54, 1.807) is 15.6 Å². The summed E-state index contributed by atoms with van der Waals surface area (Å²) in [5.41, 5.74) is 3.34. The predicted octanol–water partition coefficient (Wildman–Crippen LogP) is 4.58. The van der Waals surface area contributed by atoms with Crippen LogP contribution in [0.5, 0.6) is 0 Å². The Kier molecular flexibility index (Phi) is 6.26. The van der Waals surface area contributed by atoms with Gasteiger partial charge >= 0.3 is 5.69 Å². The van der Waals surface area contributed by atoms with Crippen molar-refractivity contribution in [3.63, 3.8) is 0 Å². The second-order valence-electron chi connectivity index (χ2n) is 9.18. The van der Waals surface area contributed by atoms with E-state index < -0.39 is 11.5 Å². The fraction of sp³-hybridized carbons (Fsp3) is 0.360. The Morgan fingerprint density at radius 1 is 1.03 bits per heavy atom. The van der Waals surface area contributed by atoms with E-state index in [-0.39, 0.29) is 5.69 Å². The van der Waals surface area contributed by atoms with Crippen molar-refractivity contribution in [3.8, 4) is 16.8 Å². The lowest BCUT2D eigenvalue weighted by atomic mass is 10.0. The minimum atomic E-state index is -0.628. The summed E-state index contributed by atoms with van der Waals surface area (Å²) >= 11 is 0. The minimum absolute atomic E-state index is 0.306. The number of benzene rings is 2. The molecule has 0 fully saturated rings. The van der Waals surface area contributed by atoms with E-state index in [1.807, 2.05) is 69.3 Å². The fourth-order valence-corrected chi connectivity index (χ4v) is 4.05. The summed E-state index contributed by atoms with van der Waals surface area (Å²) in [5.74, 6) is -0.423. The van der Waals surface area contributed by atoms with E-state index in [0.29, 0.717) is 18.7 Å². The Morgan fingerprint density at radius 2 is 1.76 bits per heavy atom. The van der Waals surface area contributed by atoms with E-state index in [0.717, 1.165) is 35.2 Å². The average Bonchev–Trinajstić information content (AvgIpc) is 3.40. The van der Waals surface area contributed by atoms with Crippen molar-refractivity contribution in [1.29, 1.82) is 0 Å². The number of aromatic nitrogens is 6. The standard InChI is InChI=1S/C25H29FN6O/c1-5-6-10-22-23(26)32(25(2,3)4)24(33)30(22)16-18-12-14-19(15-13-18)20-9-7-8-11-21(20)31-17-27-28-29-31/h7-9,11-15,17H,5-6,10,16H2,1-4H3. The van der Waals surface area contributed by atoms with E-state index >= 15 is 4.39 Å². The SMILES string of the molecule is CCCCc1c(F)n(C(C)(C)C)c(=O)n1Cc1ccc(-c2ccccc2-n2cnnn2)cc1. The van der Waals surface area contributed by atoms with E-state index in [1.165, 1.54) is 4.57 Å². The van der Waals surface area contributed by atoms with Crippen LogP contribution >= 0.6 is 0 Å². The summed E-state index contributed by atoms with van der Waals surface area (Å²) in [6, 6.07) is 15.8. The van der Waals surface area contributed by atoms with E-state index in [9.17, 15) is 4.79 Å². The third-order valence-electron chi connectivity index (χ3n) is 5.73. The van der Waals surface area contributed by atoms with Gasteiger partial charge in [0.25, 0.3) is 0 Å². The molecule has 0 atom stereocenters. The quantitative estimate of drug-likeness (QED) is 0.415. The molecular formula is C25H29FN6O. The molecule has 0 unspecified atom stereocenters. The van der Waals surface area contributed by atoms with Gasteiger partial charge in [-0.05, 0) is 61.2 Å². The van der Waals surface area contributed by atoms with Crippen molar-refractivity contribution in [2.24, 2.45) is 0 Å². The molecule has 0 amide bonds. The molecule has 0 radical (unpaired) electrons. The van der Waals surface area contributed by atoms with Crippen molar-refractivity contribution < 1.29 is 4.39 Å². The number of rotatable bonds is 7. The van der Waals surface area contributed by atoms with Crippen LogP contribution in [-0.4, -0.2) is 29.3 Å². The first kappa shape index (κ1) is 22.6. The predicted molar refractivity (Wildman–Crippen MR) is 126 cm³/mol. The lowest BCUT2D eigenvalue weighted by Crippen LogP contribution is -2.36. The van der Waals surface area contributed by atoms with Gasteiger partial charge in [0.1, 0.15) is 6.33 Å². The molecule has 0 aliphatic heterocycles. The highest BCUT2D eigenvalue weighted by Gasteiger charge is 2.27. The first-order chi connectivity index (χ1) is 15.8. The largest absolute Gasteiger partial charge is 0.331 e. The number of halogens is 1. The summed E-state index contributed by atoms with van der Waals surface area (Å²) in [6.07, 6.45) is 3.87. The Bertz CT molecular complexity index is 1280. The normalized spacial score (nSPS) is 11.8. The molecular weight excluding hydrogens is 419 g/mol. The Labute approximate surface area is 192 Å². The van der Waals surface area contributed by atoms with Crippen molar-refractivity contribution in [2.75, 3.05) is 0 Å². The Hall–Kier alpha value is -3.55. The van der Waals surface area contributed by atoms with Crippen LogP contribution in [0.3, 0.4) is 0 Å². The van der Waals surface area contributed by atoms with Gasteiger partial charge in [0, 0.05) is 11.1 Å². The Morgan fingerprint density at radius 3 is 2.39 bits per heavy atom. The number of hydrogen-bond donors (Lipinski definition) is 0. The average molecular weight is 449 g/mol. The molecule has 0 saturated heterocycles. The topological polar surface area (TPSA) is 70.5 Å². The molecule has 4 aromatic rings. The number of para-hydroxylation sites is 1. The first-order valence-corrected chi connectivity index (χ1v) is 11.2. The number of nitrogens with zero attached hydrogens (tertiary/aromatic N) is 6. The zero-order valence-corrected chi connectivity index (χ0v) is 19.5. The minimum Gasteiger partial charge on any atom is -0.289 e. The highest BCUT2D eigenvalue weighted by molar-refractivity contribution is 5.72. The molecule has 2 aromatic carbocycles. The second kappa shape index (κ2) is 9.13. The number of imidazole rings is 1. The molecule has 0 saturated carbocycles. The maximum absolute atomic E-state index is 15.3. The number of hydrogen-bond acceptors (Lipinski definition) is 4. The maximum atomic E-state index is 15.3. The van der Waals surface area contributed by atoms with Gasteiger partial charge in [0.05, 0.1) is 17.9 Å². The maximum Gasteiger partial charge on any atom is 0.331 e. The molecule has 0 spiro atoms. The zero-order valence-electron chi connectivity index (χ0n) is 19.5. The van der Waals surface area contributed by atoms with Gasteiger partial charge in [-0.3, -0.25) is 9.13 Å².